The average molecular weight is 215 g/mol. The lowest BCUT2D eigenvalue weighted by atomic mass is 10.2. The zero-order valence-corrected chi connectivity index (χ0v) is 8.04. The van der Waals surface area contributed by atoms with E-state index in [0.717, 1.165) is 5.56 Å². The van der Waals surface area contributed by atoms with Crippen LogP contribution in [0, 0.1) is 6.92 Å². The van der Waals surface area contributed by atoms with Crippen molar-refractivity contribution in [3.05, 3.63) is 23.0 Å². The molecule has 1 amide bonds. The first-order valence-electron chi connectivity index (χ1n) is 3.67. The van der Waals surface area contributed by atoms with E-state index in [-0.39, 0.29) is 6.47 Å². The number of carbonyl (C=O) groups excluding carboxylic acids is 2. The molecule has 0 aliphatic rings. The van der Waals surface area contributed by atoms with E-state index in [0.29, 0.717) is 10.8 Å². The Morgan fingerprint density at radius 1 is 1.71 bits per heavy atom. The number of aromatic nitrogens is 1. The molecule has 0 saturated carbocycles. The Labute approximate surface area is 85.0 Å². The van der Waals surface area contributed by atoms with E-state index in [1.54, 1.807) is 13.0 Å². The minimum Gasteiger partial charge on any atom is -0.378 e. The third-order valence-corrected chi connectivity index (χ3v) is 1.68. The van der Waals surface area contributed by atoms with Crippen LogP contribution in [-0.4, -0.2) is 17.5 Å². The fraction of sp³-hybridized carbons (Fsp3) is 0.125. The van der Waals surface area contributed by atoms with Crippen LogP contribution in [0.3, 0.4) is 0 Å². The summed E-state index contributed by atoms with van der Waals surface area (Å²) in [7, 11) is 0. The van der Waals surface area contributed by atoms with Crippen molar-refractivity contribution in [2.24, 2.45) is 0 Å². The fourth-order valence-corrected chi connectivity index (χ4v) is 1.05. The molecule has 74 valence electrons. The number of pyridine rings is 1. The number of hydrogen-bond acceptors (Lipinski definition) is 4. The summed E-state index contributed by atoms with van der Waals surface area (Å²) in [4.78, 5) is 24.4. The van der Waals surface area contributed by atoms with Gasteiger partial charge in [-0.05, 0) is 18.6 Å². The average Bonchev–Trinajstić information content (AvgIpc) is 2.10. The molecule has 14 heavy (non-hydrogen) atoms. The molecule has 1 N–H and O–H groups in total. The van der Waals surface area contributed by atoms with E-state index >= 15 is 0 Å². The van der Waals surface area contributed by atoms with Gasteiger partial charge in [0, 0.05) is 0 Å². The van der Waals surface area contributed by atoms with Gasteiger partial charge in [-0.1, -0.05) is 11.6 Å². The van der Waals surface area contributed by atoms with Gasteiger partial charge < -0.3 is 4.74 Å². The Morgan fingerprint density at radius 3 is 3.00 bits per heavy atom. The molecule has 0 aromatic carbocycles. The number of nitrogens with one attached hydrogen (secondary N) is 1. The van der Waals surface area contributed by atoms with E-state index in [9.17, 15) is 9.59 Å². The summed E-state index contributed by atoms with van der Waals surface area (Å²) in [6.45, 7) is 1.79. The molecule has 0 bridgehead atoms. The molecule has 0 fully saturated rings. The van der Waals surface area contributed by atoms with Crippen LogP contribution in [0.1, 0.15) is 5.56 Å². The topological polar surface area (TPSA) is 68.3 Å². The van der Waals surface area contributed by atoms with Gasteiger partial charge in [0.15, 0.2) is 0 Å². The summed E-state index contributed by atoms with van der Waals surface area (Å²) in [6.07, 6.45) is 0.524. The van der Waals surface area contributed by atoms with Gasteiger partial charge in [0.05, 0.1) is 11.9 Å². The Bertz CT molecular complexity index is 368. The van der Waals surface area contributed by atoms with E-state index in [4.69, 9.17) is 11.6 Å². The highest BCUT2D eigenvalue weighted by atomic mass is 35.5. The molecule has 1 aromatic heterocycles. The summed E-state index contributed by atoms with van der Waals surface area (Å²) >= 11 is 5.60. The molecule has 0 aliphatic carbocycles. The summed E-state index contributed by atoms with van der Waals surface area (Å²) in [5.41, 5.74) is 1.18. The molecule has 5 nitrogen and oxygen atoms in total. The van der Waals surface area contributed by atoms with Crippen LogP contribution in [0.25, 0.3) is 0 Å². The van der Waals surface area contributed by atoms with Crippen molar-refractivity contribution in [1.29, 1.82) is 0 Å². The standard InChI is InChI=1S/C8H7ClN2O3/c1-5-2-7(9)10-3-6(5)11-8(13)14-4-12/h2-4H,1H3,(H,11,13). The number of aryl methyl sites for hydroxylation is 1. The zero-order chi connectivity index (χ0) is 10.6. The maximum atomic E-state index is 10.8. The number of anilines is 1. The molecular weight excluding hydrogens is 208 g/mol. The maximum Gasteiger partial charge on any atom is 0.419 e. The van der Waals surface area contributed by atoms with Gasteiger partial charge in [-0.15, -0.1) is 0 Å². The molecule has 0 aliphatic heterocycles. The minimum atomic E-state index is -0.854. The highest BCUT2D eigenvalue weighted by molar-refractivity contribution is 6.29. The summed E-state index contributed by atoms with van der Waals surface area (Å²) in [5.74, 6) is 0. The van der Waals surface area contributed by atoms with Gasteiger partial charge in [0.25, 0.3) is 0 Å². The third kappa shape index (κ3) is 2.70. The molecular formula is C8H7ClN2O3. The molecule has 1 rings (SSSR count). The number of rotatable bonds is 2. The lowest BCUT2D eigenvalue weighted by Crippen LogP contribution is -2.13. The Morgan fingerprint density at radius 2 is 2.43 bits per heavy atom. The first-order valence-corrected chi connectivity index (χ1v) is 4.04. The van der Waals surface area contributed by atoms with Crippen LogP contribution in [0.4, 0.5) is 10.5 Å². The van der Waals surface area contributed by atoms with Crippen LogP contribution >= 0.6 is 11.6 Å². The SMILES string of the molecule is Cc1cc(Cl)ncc1NC(=O)OC=O. The first-order chi connectivity index (χ1) is 6.63. The highest BCUT2D eigenvalue weighted by Crippen LogP contribution is 2.16. The summed E-state index contributed by atoms with van der Waals surface area (Å²) in [5, 5.41) is 2.66. The number of carbonyl (C=O) groups is 2. The van der Waals surface area contributed by atoms with Crippen molar-refractivity contribution in [1.82, 2.24) is 4.98 Å². The number of nitrogens with zero attached hydrogens (tertiary/aromatic N) is 1. The van der Waals surface area contributed by atoms with Gasteiger partial charge in [0.1, 0.15) is 5.15 Å². The van der Waals surface area contributed by atoms with Gasteiger partial charge >= 0.3 is 12.6 Å². The number of amides is 1. The lowest BCUT2D eigenvalue weighted by Gasteiger charge is -2.05. The quantitative estimate of drug-likeness (QED) is 0.463. The monoisotopic (exact) mass is 214 g/mol. The normalized spacial score (nSPS) is 9.29. The molecule has 0 unspecified atom stereocenters. The predicted octanol–water partition coefficient (Wildman–Crippen LogP) is 1.75. The van der Waals surface area contributed by atoms with Crippen molar-refractivity contribution in [2.75, 3.05) is 5.32 Å². The molecule has 1 aromatic rings. The van der Waals surface area contributed by atoms with Crippen molar-refractivity contribution >= 4 is 29.9 Å². The van der Waals surface area contributed by atoms with Crippen molar-refractivity contribution < 1.29 is 14.3 Å². The Hall–Kier alpha value is -1.62. The molecule has 1 heterocycles. The van der Waals surface area contributed by atoms with Gasteiger partial charge in [-0.2, -0.15) is 0 Å². The molecule has 0 spiro atoms. The first kappa shape index (κ1) is 10.5. The Kier molecular flexibility index (Phi) is 3.41. The predicted molar refractivity (Wildman–Crippen MR) is 50.2 cm³/mol. The van der Waals surface area contributed by atoms with Gasteiger partial charge in [0.2, 0.25) is 0 Å². The van der Waals surface area contributed by atoms with Crippen molar-refractivity contribution in [3.63, 3.8) is 0 Å². The van der Waals surface area contributed by atoms with Crippen LogP contribution < -0.4 is 5.32 Å². The second kappa shape index (κ2) is 4.57. The molecule has 0 atom stereocenters. The van der Waals surface area contributed by atoms with Crippen molar-refractivity contribution in [3.8, 4) is 0 Å². The Balaban J connectivity index is 2.76. The smallest absolute Gasteiger partial charge is 0.378 e. The van der Waals surface area contributed by atoms with Gasteiger partial charge in [-0.3, -0.25) is 10.1 Å². The minimum absolute atomic E-state index is 0.0496. The van der Waals surface area contributed by atoms with Crippen LogP contribution in [-0.2, 0) is 9.53 Å². The van der Waals surface area contributed by atoms with E-state index < -0.39 is 6.09 Å². The van der Waals surface area contributed by atoms with E-state index in [1.165, 1.54) is 6.20 Å². The third-order valence-electron chi connectivity index (χ3n) is 1.47. The number of hydrogen-bond donors (Lipinski definition) is 1. The highest BCUT2D eigenvalue weighted by Gasteiger charge is 2.05. The van der Waals surface area contributed by atoms with Crippen LogP contribution in [0.2, 0.25) is 5.15 Å². The van der Waals surface area contributed by atoms with Crippen molar-refractivity contribution in [2.45, 2.75) is 6.92 Å². The van der Waals surface area contributed by atoms with Gasteiger partial charge in [-0.25, -0.2) is 9.78 Å². The molecule has 0 radical (unpaired) electrons. The number of halogens is 1. The van der Waals surface area contributed by atoms with E-state index in [1.807, 2.05) is 0 Å². The molecule has 0 saturated heterocycles. The lowest BCUT2D eigenvalue weighted by molar-refractivity contribution is -0.122. The van der Waals surface area contributed by atoms with Crippen LogP contribution in [0.15, 0.2) is 12.3 Å². The zero-order valence-electron chi connectivity index (χ0n) is 7.28. The second-order valence-corrected chi connectivity index (χ2v) is 2.84. The van der Waals surface area contributed by atoms with Crippen LogP contribution in [0.5, 0.6) is 0 Å². The summed E-state index contributed by atoms with van der Waals surface area (Å²) in [6, 6.07) is 1.58. The largest absolute Gasteiger partial charge is 0.419 e. The summed E-state index contributed by atoms with van der Waals surface area (Å²) < 4.78 is 4.04. The van der Waals surface area contributed by atoms with E-state index in [2.05, 4.69) is 15.0 Å². The fourth-order valence-electron chi connectivity index (χ4n) is 0.836. The second-order valence-electron chi connectivity index (χ2n) is 2.45. The molecule has 6 heteroatoms. The maximum absolute atomic E-state index is 10.8. The number of ether oxygens (including phenoxy) is 1.